The van der Waals surface area contributed by atoms with E-state index in [1.54, 1.807) is 0 Å². The van der Waals surface area contributed by atoms with E-state index in [0.29, 0.717) is 0 Å². The predicted octanol–water partition coefficient (Wildman–Crippen LogP) is 2.23. The molecule has 7 heteroatoms. The topological polar surface area (TPSA) is 66.4 Å². The number of hydrogen-bond acceptors (Lipinski definition) is 2. The molecule has 0 radical (unpaired) electrons. The van der Waals surface area contributed by atoms with Gasteiger partial charge in [-0.25, -0.2) is 4.79 Å². The van der Waals surface area contributed by atoms with Crippen LogP contribution in [0.15, 0.2) is 24.3 Å². The van der Waals surface area contributed by atoms with E-state index >= 15 is 0 Å². The number of carboxylic acid groups (broad SMARTS) is 1. The van der Waals surface area contributed by atoms with Crippen LogP contribution in [0.5, 0.6) is 0 Å². The Hall–Kier alpha value is -2.05. The van der Waals surface area contributed by atoms with Gasteiger partial charge in [0.1, 0.15) is 5.54 Å². The number of alkyl halides is 3. The van der Waals surface area contributed by atoms with Gasteiger partial charge in [0.15, 0.2) is 0 Å². The van der Waals surface area contributed by atoms with Crippen LogP contribution in [0.1, 0.15) is 25.0 Å². The van der Waals surface area contributed by atoms with Gasteiger partial charge in [-0.15, -0.1) is 0 Å². The van der Waals surface area contributed by atoms with Crippen molar-refractivity contribution in [2.24, 2.45) is 0 Å². The van der Waals surface area contributed by atoms with Crippen LogP contribution in [0, 0.1) is 0 Å². The number of aliphatic carboxylic acids is 1. The number of amides is 1. The summed E-state index contributed by atoms with van der Waals surface area (Å²) in [6.45, 7) is 2.51. The lowest BCUT2D eigenvalue weighted by Gasteiger charge is -2.21. The van der Waals surface area contributed by atoms with E-state index in [-0.39, 0.29) is 5.56 Å². The third-order valence-electron chi connectivity index (χ3n) is 2.66. The second-order valence-corrected chi connectivity index (χ2v) is 4.81. The van der Waals surface area contributed by atoms with Gasteiger partial charge in [-0.05, 0) is 25.5 Å². The van der Waals surface area contributed by atoms with Gasteiger partial charge in [0.2, 0.25) is 5.91 Å². The molecular formula is C13H14F3NO3. The monoisotopic (exact) mass is 289 g/mol. The first-order chi connectivity index (χ1) is 9.04. The van der Waals surface area contributed by atoms with Crippen LogP contribution in [0.25, 0.3) is 0 Å². The average Bonchev–Trinajstić information content (AvgIpc) is 2.26. The Balaban J connectivity index is 2.90. The van der Waals surface area contributed by atoms with Crippen LogP contribution in [-0.4, -0.2) is 22.5 Å². The third-order valence-corrected chi connectivity index (χ3v) is 2.66. The molecular weight excluding hydrogens is 275 g/mol. The number of benzene rings is 1. The Kier molecular flexibility index (Phi) is 4.42. The summed E-state index contributed by atoms with van der Waals surface area (Å²) in [6.07, 6.45) is -5.09. The molecule has 0 bridgehead atoms. The van der Waals surface area contributed by atoms with Crippen LogP contribution >= 0.6 is 0 Å². The van der Waals surface area contributed by atoms with Gasteiger partial charge >= 0.3 is 12.1 Å². The molecule has 0 unspecified atom stereocenters. The first-order valence-electron chi connectivity index (χ1n) is 5.73. The fraction of sp³-hybridized carbons (Fsp3) is 0.385. The molecule has 1 aromatic rings. The van der Waals surface area contributed by atoms with Crippen LogP contribution < -0.4 is 5.32 Å². The quantitative estimate of drug-likeness (QED) is 0.893. The first kappa shape index (κ1) is 16.0. The van der Waals surface area contributed by atoms with E-state index < -0.39 is 35.6 Å². The lowest BCUT2D eigenvalue weighted by Crippen LogP contribution is -2.50. The first-order valence-corrected chi connectivity index (χ1v) is 5.73. The molecule has 0 aliphatic heterocycles. The number of hydrogen-bond donors (Lipinski definition) is 2. The fourth-order valence-electron chi connectivity index (χ4n) is 1.57. The van der Waals surface area contributed by atoms with Gasteiger partial charge in [0.05, 0.1) is 12.0 Å². The van der Waals surface area contributed by atoms with Gasteiger partial charge in [-0.3, -0.25) is 4.79 Å². The normalized spacial score (nSPS) is 12.1. The Bertz CT molecular complexity index is 524. The van der Waals surface area contributed by atoms with Gasteiger partial charge in [0.25, 0.3) is 0 Å². The maximum absolute atomic E-state index is 12.7. The molecule has 1 aromatic carbocycles. The van der Waals surface area contributed by atoms with E-state index in [0.717, 1.165) is 6.07 Å². The molecule has 20 heavy (non-hydrogen) atoms. The van der Waals surface area contributed by atoms with Gasteiger partial charge in [0, 0.05) is 0 Å². The second kappa shape index (κ2) is 5.52. The lowest BCUT2D eigenvalue weighted by molar-refractivity contribution is -0.146. The summed E-state index contributed by atoms with van der Waals surface area (Å²) >= 11 is 0. The van der Waals surface area contributed by atoms with E-state index in [2.05, 4.69) is 5.32 Å². The van der Waals surface area contributed by atoms with E-state index in [9.17, 15) is 22.8 Å². The summed E-state index contributed by atoms with van der Waals surface area (Å²) in [5, 5.41) is 11.0. The zero-order chi connectivity index (χ0) is 15.6. The minimum absolute atomic E-state index is 0.196. The highest BCUT2D eigenvalue weighted by molar-refractivity contribution is 5.87. The van der Waals surface area contributed by atoms with Crippen LogP contribution in [0.2, 0.25) is 0 Å². The summed E-state index contributed by atoms with van der Waals surface area (Å²) in [5.74, 6) is -2.05. The standard InChI is InChI=1S/C13H14F3NO3/c1-12(2,11(19)20)17-10(18)7-8-5-3-4-6-9(8)13(14,15)16/h3-6H,7H2,1-2H3,(H,17,18)(H,19,20). The van der Waals surface area contributed by atoms with Gasteiger partial charge < -0.3 is 10.4 Å². The third kappa shape index (κ3) is 3.97. The highest BCUT2D eigenvalue weighted by Gasteiger charge is 2.34. The minimum atomic E-state index is -4.56. The zero-order valence-electron chi connectivity index (χ0n) is 10.9. The lowest BCUT2D eigenvalue weighted by atomic mass is 10.0. The summed E-state index contributed by atoms with van der Waals surface area (Å²) in [7, 11) is 0. The number of carbonyl (C=O) groups excluding carboxylic acids is 1. The molecule has 0 heterocycles. The Morgan fingerprint density at radius 1 is 1.20 bits per heavy atom. The van der Waals surface area contributed by atoms with Crippen molar-refractivity contribution >= 4 is 11.9 Å². The van der Waals surface area contributed by atoms with Crippen LogP contribution in [-0.2, 0) is 22.2 Å². The van der Waals surface area contributed by atoms with Crippen molar-refractivity contribution in [1.82, 2.24) is 5.32 Å². The molecule has 1 rings (SSSR count). The smallest absolute Gasteiger partial charge is 0.416 e. The van der Waals surface area contributed by atoms with Crippen molar-refractivity contribution in [1.29, 1.82) is 0 Å². The Morgan fingerprint density at radius 3 is 2.25 bits per heavy atom. The molecule has 0 spiro atoms. The van der Waals surface area contributed by atoms with E-state index in [1.165, 1.54) is 32.0 Å². The van der Waals surface area contributed by atoms with Crippen LogP contribution in [0.4, 0.5) is 13.2 Å². The average molecular weight is 289 g/mol. The molecule has 0 fully saturated rings. The molecule has 0 aliphatic rings. The maximum Gasteiger partial charge on any atom is 0.416 e. The molecule has 0 aromatic heterocycles. The number of carbonyl (C=O) groups is 2. The van der Waals surface area contributed by atoms with E-state index in [4.69, 9.17) is 5.11 Å². The van der Waals surface area contributed by atoms with Crippen molar-refractivity contribution < 1.29 is 27.9 Å². The minimum Gasteiger partial charge on any atom is -0.480 e. The van der Waals surface area contributed by atoms with Crippen molar-refractivity contribution in [2.75, 3.05) is 0 Å². The number of carboxylic acids is 1. The van der Waals surface area contributed by atoms with Crippen molar-refractivity contribution in [2.45, 2.75) is 32.0 Å². The number of nitrogens with one attached hydrogen (secondary N) is 1. The van der Waals surface area contributed by atoms with Gasteiger partial charge in [-0.1, -0.05) is 18.2 Å². The predicted molar refractivity (Wildman–Crippen MR) is 65.0 cm³/mol. The Morgan fingerprint density at radius 2 is 1.75 bits per heavy atom. The van der Waals surface area contributed by atoms with Crippen LogP contribution in [0.3, 0.4) is 0 Å². The summed E-state index contributed by atoms with van der Waals surface area (Å²) in [6, 6.07) is 4.69. The SMILES string of the molecule is CC(C)(NC(=O)Cc1ccccc1C(F)(F)F)C(=O)O. The molecule has 4 nitrogen and oxygen atoms in total. The Labute approximate surface area is 113 Å². The molecule has 110 valence electrons. The molecule has 0 saturated heterocycles. The fourth-order valence-corrected chi connectivity index (χ4v) is 1.57. The number of rotatable bonds is 4. The van der Waals surface area contributed by atoms with Crippen molar-refractivity contribution in [3.05, 3.63) is 35.4 Å². The highest BCUT2D eigenvalue weighted by atomic mass is 19.4. The summed E-state index contributed by atoms with van der Waals surface area (Å²) in [4.78, 5) is 22.5. The maximum atomic E-state index is 12.7. The largest absolute Gasteiger partial charge is 0.480 e. The molecule has 0 atom stereocenters. The second-order valence-electron chi connectivity index (χ2n) is 4.81. The molecule has 0 saturated carbocycles. The van der Waals surface area contributed by atoms with E-state index in [1.807, 2.05) is 0 Å². The molecule has 0 aliphatic carbocycles. The zero-order valence-corrected chi connectivity index (χ0v) is 10.9. The summed E-state index contributed by atoms with van der Waals surface area (Å²) in [5.41, 5.74) is -2.63. The molecule has 1 amide bonds. The van der Waals surface area contributed by atoms with Gasteiger partial charge in [-0.2, -0.15) is 13.2 Å². The molecule has 2 N–H and O–H groups in total. The summed E-state index contributed by atoms with van der Waals surface area (Å²) < 4.78 is 38.2. The number of halogens is 3. The highest BCUT2D eigenvalue weighted by Crippen LogP contribution is 2.32. The van der Waals surface area contributed by atoms with Crippen molar-refractivity contribution in [3.8, 4) is 0 Å². The van der Waals surface area contributed by atoms with Crippen molar-refractivity contribution in [3.63, 3.8) is 0 Å².